The molecule has 2 rings (SSSR count). The third-order valence-electron chi connectivity index (χ3n) is 2.54. The molecule has 0 heterocycles. The summed E-state index contributed by atoms with van der Waals surface area (Å²) in [5.74, 6) is -1.57. The van der Waals surface area contributed by atoms with E-state index in [-0.39, 0.29) is 16.3 Å². The summed E-state index contributed by atoms with van der Waals surface area (Å²) in [5, 5.41) is 12.0. The van der Waals surface area contributed by atoms with E-state index in [2.05, 4.69) is 5.32 Å². The minimum atomic E-state index is -1.12. The number of aromatic carboxylic acids is 1. The fourth-order valence-electron chi connectivity index (χ4n) is 1.60. The highest BCUT2D eigenvalue weighted by molar-refractivity contribution is 6.33. The number of benzene rings is 2. The van der Waals surface area contributed by atoms with Crippen LogP contribution in [0.25, 0.3) is 0 Å². The number of halogens is 2. The van der Waals surface area contributed by atoms with Crippen molar-refractivity contribution in [2.75, 3.05) is 11.1 Å². The molecular weight excluding hydrogens is 271 g/mol. The van der Waals surface area contributed by atoms with Crippen LogP contribution in [-0.4, -0.2) is 11.1 Å². The summed E-state index contributed by atoms with van der Waals surface area (Å²) < 4.78 is 12.9. The van der Waals surface area contributed by atoms with Crippen LogP contribution >= 0.6 is 11.6 Å². The molecule has 0 aliphatic rings. The molecule has 0 saturated carbocycles. The third-order valence-corrected chi connectivity index (χ3v) is 2.85. The lowest BCUT2D eigenvalue weighted by Gasteiger charge is -2.12. The Balaban J connectivity index is 2.38. The van der Waals surface area contributed by atoms with Crippen LogP contribution in [0.3, 0.4) is 0 Å². The Labute approximate surface area is 113 Å². The fourth-order valence-corrected chi connectivity index (χ4v) is 1.81. The van der Waals surface area contributed by atoms with E-state index in [0.717, 1.165) is 6.07 Å². The van der Waals surface area contributed by atoms with Gasteiger partial charge in [0.2, 0.25) is 0 Å². The van der Waals surface area contributed by atoms with E-state index >= 15 is 0 Å². The maximum absolute atomic E-state index is 12.9. The Hall–Kier alpha value is -2.27. The van der Waals surface area contributed by atoms with Crippen molar-refractivity contribution < 1.29 is 14.3 Å². The predicted molar refractivity (Wildman–Crippen MR) is 72.5 cm³/mol. The van der Waals surface area contributed by atoms with Gasteiger partial charge in [0.15, 0.2) is 0 Å². The molecular formula is C13H10ClFN2O2. The zero-order valence-corrected chi connectivity index (χ0v) is 10.4. The van der Waals surface area contributed by atoms with Crippen molar-refractivity contribution >= 4 is 34.6 Å². The molecule has 2 aromatic carbocycles. The van der Waals surface area contributed by atoms with Crippen molar-refractivity contribution in [2.24, 2.45) is 0 Å². The second-order valence-electron chi connectivity index (χ2n) is 3.82. The quantitative estimate of drug-likeness (QED) is 0.752. The predicted octanol–water partition coefficient (Wildman–Crippen LogP) is 3.50. The van der Waals surface area contributed by atoms with Gasteiger partial charge in [-0.3, -0.25) is 0 Å². The minimum Gasteiger partial charge on any atom is -0.478 e. The number of anilines is 3. The Morgan fingerprint density at radius 3 is 2.63 bits per heavy atom. The molecule has 19 heavy (non-hydrogen) atoms. The number of carboxylic acids is 1. The van der Waals surface area contributed by atoms with Gasteiger partial charge in [-0.15, -0.1) is 0 Å². The van der Waals surface area contributed by atoms with E-state index in [0.29, 0.717) is 11.4 Å². The largest absolute Gasteiger partial charge is 0.478 e. The molecule has 0 radical (unpaired) electrons. The summed E-state index contributed by atoms with van der Waals surface area (Å²) in [6.07, 6.45) is 0. The minimum absolute atomic E-state index is 0.0109. The lowest BCUT2D eigenvalue weighted by molar-refractivity contribution is 0.0698. The highest BCUT2D eigenvalue weighted by Gasteiger charge is 2.12. The first-order chi connectivity index (χ1) is 8.99. The number of rotatable bonds is 3. The molecule has 6 heteroatoms. The number of para-hydroxylation sites is 1. The van der Waals surface area contributed by atoms with Gasteiger partial charge in [-0.05, 0) is 30.3 Å². The van der Waals surface area contributed by atoms with Gasteiger partial charge >= 0.3 is 5.97 Å². The standard InChI is InChI=1S/C13H10ClFN2O2/c14-9-6-7(15)4-5-10(9)17-11-3-1-2-8(12(11)16)13(18)19/h1-6,17H,16H2,(H,18,19). The first-order valence-corrected chi connectivity index (χ1v) is 5.70. The molecule has 0 saturated heterocycles. The molecule has 0 fully saturated rings. The smallest absolute Gasteiger partial charge is 0.337 e. The summed E-state index contributed by atoms with van der Waals surface area (Å²) in [6.45, 7) is 0. The van der Waals surface area contributed by atoms with Crippen LogP contribution in [0.5, 0.6) is 0 Å². The molecule has 0 aliphatic carbocycles. The van der Waals surface area contributed by atoms with Crippen LogP contribution in [-0.2, 0) is 0 Å². The first kappa shape index (κ1) is 13.2. The molecule has 0 atom stereocenters. The maximum Gasteiger partial charge on any atom is 0.337 e. The molecule has 0 spiro atoms. The van der Waals surface area contributed by atoms with Crippen molar-refractivity contribution in [2.45, 2.75) is 0 Å². The van der Waals surface area contributed by atoms with Crippen molar-refractivity contribution in [1.29, 1.82) is 0 Å². The van der Waals surface area contributed by atoms with Gasteiger partial charge in [-0.25, -0.2) is 9.18 Å². The van der Waals surface area contributed by atoms with Crippen LogP contribution in [0.4, 0.5) is 21.5 Å². The van der Waals surface area contributed by atoms with Gasteiger partial charge in [0.05, 0.1) is 27.6 Å². The van der Waals surface area contributed by atoms with E-state index in [1.165, 1.54) is 18.2 Å². The third kappa shape index (κ3) is 2.77. The van der Waals surface area contributed by atoms with Crippen molar-refractivity contribution in [1.82, 2.24) is 0 Å². The van der Waals surface area contributed by atoms with E-state index in [4.69, 9.17) is 22.4 Å². The molecule has 0 amide bonds. The molecule has 0 unspecified atom stereocenters. The van der Waals surface area contributed by atoms with E-state index in [9.17, 15) is 9.18 Å². The summed E-state index contributed by atoms with van der Waals surface area (Å²) in [6, 6.07) is 8.41. The Kier molecular flexibility index (Phi) is 3.57. The highest BCUT2D eigenvalue weighted by Crippen LogP contribution is 2.30. The van der Waals surface area contributed by atoms with E-state index in [1.807, 2.05) is 0 Å². The number of carboxylic acid groups (broad SMARTS) is 1. The van der Waals surface area contributed by atoms with Gasteiger partial charge in [-0.2, -0.15) is 0 Å². The highest BCUT2D eigenvalue weighted by atomic mass is 35.5. The number of nitrogen functional groups attached to an aromatic ring is 1. The normalized spacial score (nSPS) is 10.2. The van der Waals surface area contributed by atoms with Crippen LogP contribution in [0, 0.1) is 5.82 Å². The van der Waals surface area contributed by atoms with Crippen molar-refractivity contribution in [3.05, 3.63) is 52.8 Å². The average molecular weight is 281 g/mol. The molecule has 0 bridgehead atoms. The lowest BCUT2D eigenvalue weighted by Crippen LogP contribution is -2.05. The molecule has 0 aromatic heterocycles. The zero-order chi connectivity index (χ0) is 14.0. The summed E-state index contributed by atoms with van der Waals surface area (Å²) >= 11 is 5.87. The number of nitrogens with two attached hydrogens (primary N) is 1. The summed E-state index contributed by atoms with van der Waals surface area (Å²) in [7, 11) is 0. The first-order valence-electron chi connectivity index (χ1n) is 5.33. The van der Waals surface area contributed by atoms with E-state index < -0.39 is 11.8 Å². The summed E-state index contributed by atoms with van der Waals surface area (Å²) in [4.78, 5) is 11.0. The topological polar surface area (TPSA) is 75.3 Å². The molecule has 2 aromatic rings. The van der Waals surface area contributed by atoms with Crippen molar-refractivity contribution in [3.63, 3.8) is 0 Å². The maximum atomic E-state index is 12.9. The number of hydrogen-bond donors (Lipinski definition) is 3. The Morgan fingerprint density at radius 2 is 2.00 bits per heavy atom. The second kappa shape index (κ2) is 5.16. The average Bonchev–Trinajstić information content (AvgIpc) is 2.34. The van der Waals surface area contributed by atoms with Gasteiger partial charge in [0.1, 0.15) is 5.82 Å². The SMILES string of the molecule is Nc1c(Nc2ccc(F)cc2Cl)cccc1C(=O)O. The van der Waals surface area contributed by atoms with Crippen LogP contribution < -0.4 is 11.1 Å². The van der Waals surface area contributed by atoms with Gasteiger partial charge in [-0.1, -0.05) is 17.7 Å². The Bertz CT molecular complexity index is 647. The van der Waals surface area contributed by atoms with Gasteiger partial charge in [0, 0.05) is 0 Å². The zero-order valence-electron chi connectivity index (χ0n) is 9.65. The second-order valence-corrected chi connectivity index (χ2v) is 4.23. The van der Waals surface area contributed by atoms with Crippen LogP contribution in [0.2, 0.25) is 5.02 Å². The Morgan fingerprint density at radius 1 is 1.26 bits per heavy atom. The number of carbonyl (C=O) groups is 1. The van der Waals surface area contributed by atoms with Gasteiger partial charge in [0.25, 0.3) is 0 Å². The molecule has 0 aliphatic heterocycles. The number of hydrogen-bond acceptors (Lipinski definition) is 3. The lowest BCUT2D eigenvalue weighted by atomic mass is 10.1. The number of nitrogens with one attached hydrogen (secondary N) is 1. The monoisotopic (exact) mass is 280 g/mol. The molecule has 98 valence electrons. The van der Waals surface area contributed by atoms with Crippen molar-refractivity contribution in [3.8, 4) is 0 Å². The fraction of sp³-hybridized carbons (Fsp3) is 0. The van der Waals surface area contributed by atoms with Crippen LogP contribution in [0.1, 0.15) is 10.4 Å². The molecule has 4 nitrogen and oxygen atoms in total. The summed E-state index contributed by atoms with van der Waals surface area (Å²) in [5.41, 5.74) is 6.67. The van der Waals surface area contributed by atoms with Gasteiger partial charge < -0.3 is 16.2 Å². The van der Waals surface area contributed by atoms with E-state index in [1.54, 1.807) is 12.1 Å². The van der Waals surface area contributed by atoms with Crippen LogP contribution in [0.15, 0.2) is 36.4 Å². The molecule has 4 N–H and O–H groups in total.